The van der Waals surface area contributed by atoms with Gasteiger partial charge in [0.15, 0.2) is 9.84 Å². The number of aryl methyl sites for hydroxylation is 1. The van der Waals surface area contributed by atoms with E-state index in [0.717, 1.165) is 5.56 Å². The minimum absolute atomic E-state index is 0.186. The Morgan fingerprint density at radius 2 is 2.18 bits per heavy atom. The second kappa shape index (κ2) is 5.63. The monoisotopic (exact) mass is 253 g/mol. The lowest BCUT2D eigenvalue weighted by atomic mass is 10.2. The summed E-state index contributed by atoms with van der Waals surface area (Å²) in [6, 6.07) is 7.18. The predicted octanol–water partition coefficient (Wildman–Crippen LogP) is 1.53. The van der Waals surface area contributed by atoms with Crippen LogP contribution in [0, 0.1) is 6.92 Å². The highest BCUT2D eigenvalue weighted by Crippen LogP contribution is 2.09. The van der Waals surface area contributed by atoms with E-state index in [0.29, 0.717) is 5.69 Å². The molecule has 0 bridgehead atoms. The molecule has 92 valence electrons. The Balaban J connectivity index is 2.65. The van der Waals surface area contributed by atoms with Crippen LogP contribution in [0.5, 0.6) is 0 Å². The minimum Gasteiger partial charge on any atom is -0.325 e. The molecule has 0 aliphatic heterocycles. The maximum atomic E-state index is 11.5. The number of benzene rings is 1. The molecule has 1 aromatic rings. The van der Waals surface area contributed by atoms with Crippen LogP contribution < -0.4 is 5.32 Å². The molecule has 1 aromatic carbocycles. The Kier molecular flexibility index (Phi) is 4.45. The van der Waals surface area contributed by atoms with E-state index in [4.69, 9.17) is 0 Å². The highest BCUT2D eigenvalue weighted by atomic mass is 32.2. The molecule has 1 amide bonds. The van der Waals surface area contributed by atoms with Crippen LogP contribution in [0.25, 0.3) is 0 Å². The normalized spacial score (nSPS) is 10.9. The number of anilines is 1. The quantitative estimate of drug-likeness (QED) is 0.809. The van der Waals surface area contributed by atoms with E-state index in [1.807, 2.05) is 13.0 Å². The van der Waals surface area contributed by atoms with Crippen LogP contribution in [-0.4, -0.2) is 25.8 Å². The molecule has 0 fully saturated rings. The lowest BCUT2D eigenvalue weighted by Crippen LogP contribution is -2.24. The topological polar surface area (TPSA) is 63.2 Å². The van der Waals surface area contributed by atoms with E-state index in [-0.39, 0.29) is 5.75 Å². The zero-order chi connectivity index (χ0) is 12.9. The number of carbonyl (C=O) groups excluding carboxylic acids is 1. The van der Waals surface area contributed by atoms with Gasteiger partial charge in [-0.3, -0.25) is 4.79 Å². The van der Waals surface area contributed by atoms with Gasteiger partial charge in [-0.1, -0.05) is 18.2 Å². The Morgan fingerprint density at radius 1 is 1.47 bits per heavy atom. The molecule has 0 aromatic heterocycles. The van der Waals surface area contributed by atoms with Crippen molar-refractivity contribution in [3.63, 3.8) is 0 Å². The first-order chi connectivity index (χ1) is 7.93. The van der Waals surface area contributed by atoms with Crippen molar-refractivity contribution in [2.24, 2.45) is 0 Å². The molecule has 17 heavy (non-hydrogen) atoms. The fourth-order valence-corrected chi connectivity index (χ4v) is 2.31. The largest absolute Gasteiger partial charge is 0.325 e. The summed E-state index contributed by atoms with van der Waals surface area (Å²) in [6.45, 7) is 5.23. The van der Waals surface area contributed by atoms with Gasteiger partial charge in [0.05, 0.1) is 5.75 Å². The SMILES string of the molecule is C=CCS(=O)(=O)CC(=O)Nc1cccc(C)c1. The van der Waals surface area contributed by atoms with Gasteiger partial charge < -0.3 is 5.32 Å². The van der Waals surface area contributed by atoms with Crippen LogP contribution >= 0.6 is 0 Å². The molecule has 5 heteroatoms. The molecule has 0 saturated carbocycles. The molecule has 0 atom stereocenters. The zero-order valence-corrected chi connectivity index (χ0v) is 10.5. The van der Waals surface area contributed by atoms with Gasteiger partial charge in [0.25, 0.3) is 0 Å². The average Bonchev–Trinajstić information content (AvgIpc) is 2.15. The van der Waals surface area contributed by atoms with Gasteiger partial charge in [0.2, 0.25) is 5.91 Å². The standard InChI is InChI=1S/C12H15NO3S/c1-3-7-17(15,16)9-12(14)13-11-6-4-5-10(2)8-11/h3-6,8H,1,7,9H2,2H3,(H,13,14). The maximum absolute atomic E-state index is 11.5. The van der Waals surface area contributed by atoms with Crippen LogP contribution in [0.1, 0.15) is 5.56 Å². The third kappa shape index (κ3) is 4.82. The summed E-state index contributed by atoms with van der Waals surface area (Å²) in [5, 5.41) is 2.54. The molecular weight excluding hydrogens is 238 g/mol. The van der Waals surface area contributed by atoms with Gasteiger partial charge >= 0.3 is 0 Å². The van der Waals surface area contributed by atoms with Crippen LogP contribution in [0.15, 0.2) is 36.9 Å². The van der Waals surface area contributed by atoms with Crippen molar-refractivity contribution in [1.82, 2.24) is 0 Å². The highest BCUT2D eigenvalue weighted by Gasteiger charge is 2.14. The second-order valence-electron chi connectivity index (χ2n) is 3.76. The Labute approximate surface area is 101 Å². The summed E-state index contributed by atoms with van der Waals surface area (Å²) >= 11 is 0. The minimum atomic E-state index is -3.39. The number of rotatable bonds is 5. The fraction of sp³-hybridized carbons (Fsp3) is 0.250. The lowest BCUT2D eigenvalue weighted by molar-refractivity contribution is -0.113. The Bertz CT molecular complexity index is 520. The molecule has 1 rings (SSSR count). The molecule has 4 nitrogen and oxygen atoms in total. The average molecular weight is 253 g/mol. The number of carbonyl (C=O) groups is 1. The van der Waals surface area contributed by atoms with Gasteiger partial charge in [-0.05, 0) is 24.6 Å². The van der Waals surface area contributed by atoms with Crippen LogP contribution in [0.2, 0.25) is 0 Å². The van der Waals surface area contributed by atoms with Gasteiger partial charge in [-0.25, -0.2) is 8.42 Å². The second-order valence-corrected chi connectivity index (χ2v) is 5.87. The molecule has 0 heterocycles. The van der Waals surface area contributed by atoms with E-state index >= 15 is 0 Å². The van der Waals surface area contributed by atoms with Crippen molar-refractivity contribution >= 4 is 21.4 Å². The first kappa shape index (κ1) is 13.4. The molecule has 0 spiro atoms. The van der Waals surface area contributed by atoms with Crippen LogP contribution in [-0.2, 0) is 14.6 Å². The first-order valence-corrected chi connectivity index (χ1v) is 6.93. The van der Waals surface area contributed by atoms with E-state index in [9.17, 15) is 13.2 Å². The number of sulfone groups is 1. The van der Waals surface area contributed by atoms with Crippen molar-refractivity contribution in [3.8, 4) is 0 Å². The number of hydrogen-bond donors (Lipinski definition) is 1. The molecule has 0 unspecified atom stereocenters. The van der Waals surface area contributed by atoms with Gasteiger partial charge in [0, 0.05) is 5.69 Å². The van der Waals surface area contributed by atoms with Crippen molar-refractivity contribution < 1.29 is 13.2 Å². The summed E-state index contributed by atoms with van der Waals surface area (Å²) < 4.78 is 22.7. The van der Waals surface area contributed by atoms with Gasteiger partial charge in [0.1, 0.15) is 5.75 Å². The molecular formula is C12H15NO3S. The van der Waals surface area contributed by atoms with Crippen molar-refractivity contribution in [3.05, 3.63) is 42.5 Å². The van der Waals surface area contributed by atoms with Gasteiger partial charge in [-0.15, -0.1) is 6.58 Å². The van der Waals surface area contributed by atoms with Crippen molar-refractivity contribution in [2.75, 3.05) is 16.8 Å². The summed E-state index contributed by atoms with van der Waals surface area (Å²) in [4.78, 5) is 11.5. The van der Waals surface area contributed by atoms with E-state index in [1.54, 1.807) is 18.2 Å². The smallest absolute Gasteiger partial charge is 0.239 e. The predicted molar refractivity (Wildman–Crippen MR) is 68.7 cm³/mol. The number of amides is 1. The van der Waals surface area contributed by atoms with Crippen LogP contribution in [0.4, 0.5) is 5.69 Å². The molecule has 0 radical (unpaired) electrons. The highest BCUT2D eigenvalue weighted by molar-refractivity contribution is 7.92. The maximum Gasteiger partial charge on any atom is 0.239 e. The van der Waals surface area contributed by atoms with E-state index in [2.05, 4.69) is 11.9 Å². The molecule has 1 N–H and O–H groups in total. The molecule has 0 aliphatic rings. The third-order valence-electron chi connectivity index (χ3n) is 2.02. The lowest BCUT2D eigenvalue weighted by Gasteiger charge is -2.05. The molecule has 0 aliphatic carbocycles. The van der Waals surface area contributed by atoms with E-state index < -0.39 is 21.5 Å². The van der Waals surface area contributed by atoms with Crippen molar-refractivity contribution in [1.29, 1.82) is 0 Å². The summed E-state index contributed by atoms with van der Waals surface area (Å²) in [7, 11) is -3.39. The van der Waals surface area contributed by atoms with E-state index in [1.165, 1.54) is 6.08 Å². The summed E-state index contributed by atoms with van der Waals surface area (Å²) in [5.41, 5.74) is 1.60. The summed E-state index contributed by atoms with van der Waals surface area (Å²) in [6.07, 6.45) is 1.27. The Morgan fingerprint density at radius 3 is 2.76 bits per heavy atom. The number of hydrogen-bond acceptors (Lipinski definition) is 3. The molecule has 0 saturated heterocycles. The zero-order valence-electron chi connectivity index (χ0n) is 9.64. The third-order valence-corrected chi connectivity index (χ3v) is 3.47. The number of nitrogens with one attached hydrogen (secondary N) is 1. The Hall–Kier alpha value is -1.62. The summed E-state index contributed by atoms with van der Waals surface area (Å²) in [5.74, 6) is -1.24. The first-order valence-electron chi connectivity index (χ1n) is 5.11. The van der Waals surface area contributed by atoms with Gasteiger partial charge in [-0.2, -0.15) is 0 Å². The van der Waals surface area contributed by atoms with Crippen LogP contribution in [0.3, 0.4) is 0 Å². The van der Waals surface area contributed by atoms with Crippen molar-refractivity contribution in [2.45, 2.75) is 6.92 Å². The fourth-order valence-electron chi connectivity index (χ4n) is 1.36.